The van der Waals surface area contributed by atoms with Crippen LogP contribution in [0.2, 0.25) is 0 Å². The van der Waals surface area contributed by atoms with Crippen LogP contribution in [-0.2, 0) is 22.0 Å². The number of nitrogens with zero attached hydrogens (tertiary/aromatic N) is 6. The first kappa shape index (κ1) is 35.0. The molecule has 2 bridgehead atoms. The Bertz CT molecular complexity index is 2110. The Morgan fingerprint density at radius 3 is 2.64 bits per heavy atom. The molecule has 1 amide bonds. The minimum Gasteiger partial charge on any atom is -0.389 e. The van der Waals surface area contributed by atoms with E-state index in [0.717, 1.165) is 67.8 Å². The normalized spacial score (nSPS) is 40.0. The van der Waals surface area contributed by atoms with Crippen molar-refractivity contribution in [3.63, 3.8) is 0 Å². The molecule has 280 valence electrons. The molecule has 11 heteroatoms. The number of piperidine rings is 1. The first-order valence-corrected chi connectivity index (χ1v) is 19.7. The second-order valence-electron chi connectivity index (χ2n) is 17.7. The first-order valence-electron chi connectivity index (χ1n) is 19.7. The first-order chi connectivity index (χ1) is 25.3. The molecule has 53 heavy (non-hydrogen) atoms. The van der Waals surface area contributed by atoms with Gasteiger partial charge in [0, 0.05) is 82.7 Å². The predicted octanol–water partition coefficient (Wildman–Crippen LogP) is 5.23. The zero-order valence-electron chi connectivity index (χ0n) is 31.6. The number of anilines is 1. The number of likely N-dealkylation sites (N-methyl/N-ethyl adjacent to an activating group) is 1. The number of azide groups is 1. The fraction of sp³-hybridized carbons (Fsp3) is 0.595. The van der Waals surface area contributed by atoms with E-state index < -0.39 is 45.5 Å². The number of hydrogen-bond donors (Lipinski definition) is 4. The molecule has 1 saturated carbocycles. The Morgan fingerprint density at radius 1 is 1.09 bits per heavy atom. The second-order valence-corrected chi connectivity index (χ2v) is 17.7. The van der Waals surface area contributed by atoms with Crippen LogP contribution in [0, 0.1) is 18.3 Å². The number of H-pyrrole nitrogens is 1. The van der Waals surface area contributed by atoms with Gasteiger partial charge in [-0.15, -0.1) is 0 Å². The van der Waals surface area contributed by atoms with E-state index >= 15 is 0 Å². The molecule has 1 spiro atoms. The van der Waals surface area contributed by atoms with Gasteiger partial charge in [-0.25, -0.2) is 0 Å². The third kappa shape index (κ3) is 4.41. The molecular weight excluding hydrogens is 667 g/mol. The summed E-state index contributed by atoms with van der Waals surface area (Å²) < 4.78 is 0. The lowest BCUT2D eigenvalue weighted by Crippen LogP contribution is -2.80. The van der Waals surface area contributed by atoms with Crippen molar-refractivity contribution in [3.05, 3.63) is 86.9 Å². The van der Waals surface area contributed by atoms with Gasteiger partial charge in [-0.3, -0.25) is 14.6 Å². The van der Waals surface area contributed by atoms with E-state index in [2.05, 4.69) is 88.1 Å². The van der Waals surface area contributed by atoms with E-state index in [1.807, 2.05) is 24.9 Å². The fourth-order valence-electron chi connectivity index (χ4n) is 13.1. The zero-order valence-corrected chi connectivity index (χ0v) is 31.6. The quantitative estimate of drug-likeness (QED) is 0.125. The van der Waals surface area contributed by atoms with Crippen LogP contribution in [0.15, 0.2) is 53.7 Å². The Morgan fingerprint density at radius 2 is 1.89 bits per heavy atom. The van der Waals surface area contributed by atoms with Gasteiger partial charge in [-0.1, -0.05) is 50.3 Å². The predicted molar refractivity (Wildman–Crippen MR) is 205 cm³/mol. The number of aromatic amines is 1. The van der Waals surface area contributed by atoms with Crippen LogP contribution in [0.5, 0.6) is 0 Å². The van der Waals surface area contributed by atoms with E-state index in [4.69, 9.17) is 0 Å². The third-order valence-corrected chi connectivity index (χ3v) is 15.2. The number of benzene rings is 2. The summed E-state index contributed by atoms with van der Waals surface area (Å²) in [5.74, 6) is -0.778. The fourth-order valence-corrected chi connectivity index (χ4v) is 13.1. The van der Waals surface area contributed by atoms with E-state index in [1.165, 1.54) is 22.2 Å². The number of aromatic nitrogens is 1. The average Bonchev–Trinajstić information content (AvgIpc) is 3.80. The average molecular weight is 720 g/mol. The lowest BCUT2D eigenvalue weighted by Gasteiger charge is -2.63. The van der Waals surface area contributed by atoms with Gasteiger partial charge >= 0.3 is 0 Å². The van der Waals surface area contributed by atoms with Crippen LogP contribution >= 0.6 is 0 Å². The Labute approximate surface area is 311 Å². The highest BCUT2D eigenvalue weighted by molar-refractivity contribution is 5.91. The summed E-state index contributed by atoms with van der Waals surface area (Å²) in [7, 11) is 1.92. The third-order valence-electron chi connectivity index (χ3n) is 15.2. The van der Waals surface area contributed by atoms with E-state index in [1.54, 1.807) is 0 Å². The highest BCUT2D eigenvalue weighted by atomic mass is 16.4. The van der Waals surface area contributed by atoms with Gasteiger partial charge in [0.15, 0.2) is 5.60 Å². The number of fused-ring (bicyclic) bond motifs is 6. The molecule has 5 unspecified atom stereocenters. The number of nitrogens with one attached hydrogen (secondary N) is 1. The minimum atomic E-state index is -2.35. The molecule has 6 aliphatic rings. The van der Waals surface area contributed by atoms with Crippen LogP contribution in [0.4, 0.5) is 5.69 Å². The van der Waals surface area contributed by atoms with Crippen molar-refractivity contribution >= 4 is 22.5 Å². The maximum absolute atomic E-state index is 14.0. The van der Waals surface area contributed by atoms with Crippen LogP contribution < -0.4 is 4.90 Å². The van der Waals surface area contributed by atoms with Crippen molar-refractivity contribution in [2.24, 2.45) is 16.4 Å². The highest BCUT2D eigenvalue weighted by Gasteiger charge is 2.78. The SMILES string of the molecule is CCC1(O)CC2C[N@](CCc3c([nH]c4ccccc34)[C@@](C)(c3cc4c(cc3C)N(C)C3C45CCN4CC=C[C@](CC)(C45)[C@@H](O)[C@]3(O)C(=O)N=[N+]=[N-])C2)C1. The summed E-state index contributed by atoms with van der Waals surface area (Å²) >= 11 is 0. The molecule has 0 radical (unpaired) electrons. The van der Waals surface area contributed by atoms with Gasteiger partial charge < -0.3 is 25.2 Å². The summed E-state index contributed by atoms with van der Waals surface area (Å²) in [5, 5.41) is 41.7. The van der Waals surface area contributed by atoms with E-state index in [0.29, 0.717) is 25.8 Å². The molecule has 9 rings (SSSR count). The largest absolute Gasteiger partial charge is 0.389 e. The Kier molecular flexibility index (Phi) is 7.70. The minimum absolute atomic E-state index is 0.188. The van der Waals surface area contributed by atoms with Crippen molar-refractivity contribution < 1.29 is 20.1 Å². The molecule has 3 aromatic rings. The number of carbonyl (C=O) groups is 1. The maximum atomic E-state index is 14.0. The van der Waals surface area contributed by atoms with E-state index in [-0.39, 0.29) is 12.0 Å². The molecule has 4 N–H and O–H groups in total. The second kappa shape index (κ2) is 11.7. The molecule has 5 aliphatic heterocycles. The van der Waals surface area contributed by atoms with Gasteiger partial charge in [0.2, 0.25) is 0 Å². The van der Waals surface area contributed by atoms with Gasteiger partial charge in [0.25, 0.3) is 5.91 Å². The van der Waals surface area contributed by atoms with E-state index in [9.17, 15) is 25.6 Å². The summed E-state index contributed by atoms with van der Waals surface area (Å²) in [6.45, 7) is 12.7. The smallest absolute Gasteiger partial charge is 0.255 e. The monoisotopic (exact) mass is 719 g/mol. The van der Waals surface area contributed by atoms with Crippen molar-refractivity contribution in [1.29, 1.82) is 0 Å². The lowest BCUT2D eigenvalue weighted by molar-refractivity contribution is -0.201. The molecule has 2 aromatic carbocycles. The molecule has 1 aliphatic carbocycles. The van der Waals surface area contributed by atoms with Crippen LogP contribution in [-0.4, -0.2) is 105 Å². The molecule has 10 atom stereocenters. The summed E-state index contributed by atoms with van der Waals surface area (Å²) in [6, 6.07) is 12.2. The van der Waals surface area contributed by atoms with Gasteiger partial charge in [0.1, 0.15) is 6.10 Å². The Balaban J connectivity index is 1.30. The number of aliphatic hydroxyl groups is 3. The van der Waals surface area contributed by atoms with Crippen molar-refractivity contribution in [2.75, 3.05) is 44.7 Å². The van der Waals surface area contributed by atoms with Gasteiger partial charge in [-0.05, 0) is 110 Å². The number of aliphatic hydroxyl groups excluding tert-OH is 1. The van der Waals surface area contributed by atoms with Crippen LogP contribution in [0.1, 0.15) is 80.8 Å². The van der Waals surface area contributed by atoms with Gasteiger partial charge in [-0.2, -0.15) is 0 Å². The Hall–Kier alpha value is -3.70. The molecule has 3 fully saturated rings. The van der Waals surface area contributed by atoms with Crippen LogP contribution in [0.3, 0.4) is 0 Å². The standard InChI is InChI=1S/C42H53N7O4/c1-6-39(52)22-26-21-38(4,33-28(13-17-48(23-26)24-39)27-11-8-9-12-31(27)44-33)29-20-30-32(19-25(29)3)47(5)35-41(30)15-18-49-16-10-14-40(7-2,34(41)49)36(50)42(35,53)37(51)45-46-43/h8-12,14,19-20,26,34-36,44,50,52-53H,6-7,13,15-18,21-24H2,1-5H3/t26?,34?,35?,36-,38-,39?,40-,41?,42+/m1/s1. The number of hydrogen-bond acceptors (Lipinski definition) is 7. The number of amides is 1. The number of para-hydroxylation sites is 1. The molecule has 11 nitrogen and oxygen atoms in total. The highest BCUT2D eigenvalue weighted by Crippen LogP contribution is 2.67. The maximum Gasteiger partial charge on any atom is 0.255 e. The topological polar surface area (TPSA) is 152 Å². The summed E-state index contributed by atoms with van der Waals surface area (Å²) in [6.07, 6.45) is 6.96. The summed E-state index contributed by atoms with van der Waals surface area (Å²) in [5.41, 5.74) is 12.2. The van der Waals surface area contributed by atoms with Crippen molar-refractivity contribution in [3.8, 4) is 0 Å². The number of carbonyl (C=O) groups excluding carboxylic acids is 1. The molecule has 2 saturated heterocycles. The van der Waals surface area contributed by atoms with Crippen molar-refractivity contribution in [2.45, 2.75) is 106 Å². The van der Waals surface area contributed by atoms with Crippen LogP contribution in [0.25, 0.3) is 21.3 Å². The zero-order chi connectivity index (χ0) is 37.3. The van der Waals surface area contributed by atoms with Gasteiger partial charge in [0.05, 0.1) is 11.6 Å². The molecular formula is C42H53N7O4. The lowest BCUT2D eigenvalue weighted by atomic mass is 9.47. The summed E-state index contributed by atoms with van der Waals surface area (Å²) in [4.78, 5) is 27.7. The molecule has 6 heterocycles. The number of aryl methyl sites for hydroxylation is 1. The number of rotatable bonds is 4. The molecule has 1 aromatic heterocycles. The van der Waals surface area contributed by atoms with Crippen molar-refractivity contribution in [1.82, 2.24) is 14.8 Å².